The molecule has 184 valence electrons. The molecule has 1 unspecified atom stereocenters. The van der Waals surface area contributed by atoms with E-state index < -0.39 is 17.9 Å². The number of anilines is 1. The predicted molar refractivity (Wildman–Crippen MR) is 148 cm³/mol. The van der Waals surface area contributed by atoms with Gasteiger partial charge in [-0.25, -0.2) is 0 Å². The molecular formula is C31H28N4O2. The lowest BCUT2D eigenvalue weighted by Crippen LogP contribution is -2.43. The average molecular weight is 489 g/mol. The van der Waals surface area contributed by atoms with Crippen molar-refractivity contribution in [3.63, 3.8) is 0 Å². The summed E-state index contributed by atoms with van der Waals surface area (Å²) in [5, 5.41) is 9.28. The van der Waals surface area contributed by atoms with Gasteiger partial charge in [0.1, 0.15) is 0 Å². The van der Waals surface area contributed by atoms with Crippen LogP contribution >= 0.6 is 0 Å². The molecule has 6 nitrogen and oxygen atoms in total. The second-order valence-corrected chi connectivity index (χ2v) is 8.77. The topological polar surface area (TPSA) is 82.6 Å². The number of hydrogen-bond donors (Lipinski definition) is 3. The molecule has 3 aromatic rings. The van der Waals surface area contributed by atoms with E-state index in [0.29, 0.717) is 18.8 Å². The molecule has 0 bridgehead atoms. The fraction of sp³-hybridized carbons (Fsp3) is 0.129. The van der Waals surface area contributed by atoms with Gasteiger partial charge in [0.2, 0.25) is 0 Å². The monoisotopic (exact) mass is 488 g/mol. The van der Waals surface area contributed by atoms with Gasteiger partial charge in [-0.15, -0.1) is 0 Å². The fourth-order valence-corrected chi connectivity index (χ4v) is 4.48. The highest BCUT2D eigenvalue weighted by Crippen LogP contribution is 2.24. The van der Waals surface area contributed by atoms with Gasteiger partial charge in [0.05, 0.1) is 17.4 Å². The Balaban J connectivity index is 1.56. The summed E-state index contributed by atoms with van der Waals surface area (Å²) in [6.45, 7) is 1.28. The van der Waals surface area contributed by atoms with Crippen LogP contribution < -0.4 is 16.0 Å². The Labute approximate surface area is 216 Å². The van der Waals surface area contributed by atoms with E-state index in [2.05, 4.69) is 16.0 Å². The van der Waals surface area contributed by atoms with Crippen LogP contribution in [0.2, 0.25) is 0 Å². The molecule has 3 N–H and O–H groups in total. The molecule has 0 spiro atoms. The molecule has 1 aliphatic carbocycles. The van der Waals surface area contributed by atoms with Crippen LogP contribution in [0.25, 0.3) is 5.70 Å². The zero-order valence-corrected chi connectivity index (χ0v) is 20.4. The Morgan fingerprint density at radius 3 is 2.24 bits per heavy atom. The van der Waals surface area contributed by atoms with Crippen LogP contribution in [0, 0.1) is 0 Å². The molecule has 3 aromatic carbocycles. The van der Waals surface area contributed by atoms with Crippen LogP contribution in [0.5, 0.6) is 0 Å². The van der Waals surface area contributed by atoms with Gasteiger partial charge in [-0.1, -0.05) is 103 Å². The van der Waals surface area contributed by atoms with Crippen molar-refractivity contribution in [2.24, 2.45) is 4.99 Å². The van der Waals surface area contributed by atoms with Crippen LogP contribution in [0.15, 0.2) is 120 Å². The van der Waals surface area contributed by atoms with E-state index in [9.17, 15) is 9.59 Å². The molecule has 2 aliphatic rings. The lowest BCUT2D eigenvalue weighted by atomic mass is 9.96. The highest BCUT2D eigenvalue weighted by molar-refractivity contribution is 6.40. The SMILES string of the molecule is O=C1Nc2ccccc2C(c2ccccc2)=NCCCN/C(c2ccccc2)=C2\C=CC=CC2NC1=O. The number of para-hydroxylation sites is 1. The van der Waals surface area contributed by atoms with Gasteiger partial charge in [-0.3, -0.25) is 14.6 Å². The minimum absolute atomic E-state index is 0.456. The first kappa shape index (κ1) is 24.0. The quantitative estimate of drug-likeness (QED) is 0.465. The largest absolute Gasteiger partial charge is 0.384 e. The smallest absolute Gasteiger partial charge is 0.313 e. The summed E-state index contributed by atoms with van der Waals surface area (Å²) in [5.41, 5.74) is 5.83. The summed E-state index contributed by atoms with van der Waals surface area (Å²) in [6.07, 6.45) is 8.46. The molecule has 1 heterocycles. The Kier molecular flexibility index (Phi) is 7.36. The van der Waals surface area contributed by atoms with Crippen molar-refractivity contribution < 1.29 is 9.59 Å². The lowest BCUT2D eigenvalue weighted by molar-refractivity contribution is -0.136. The van der Waals surface area contributed by atoms with Crippen molar-refractivity contribution >= 4 is 28.9 Å². The maximum Gasteiger partial charge on any atom is 0.313 e. The Morgan fingerprint density at radius 2 is 1.46 bits per heavy atom. The summed E-state index contributed by atoms with van der Waals surface area (Å²) in [5.74, 6) is -1.44. The van der Waals surface area contributed by atoms with Gasteiger partial charge in [-0.2, -0.15) is 0 Å². The van der Waals surface area contributed by atoms with Crippen molar-refractivity contribution in [2.45, 2.75) is 12.5 Å². The molecule has 0 fully saturated rings. The molecule has 1 aliphatic heterocycles. The minimum Gasteiger partial charge on any atom is -0.384 e. The maximum atomic E-state index is 13.1. The van der Waals surface area contributed by atoms with E-state index in [1.165, 1.54) is 0 Å². The van der Waals surface area contributed by atoms with E-state index >= 15 is 0 Å². The molecule has 1 atom stereocenters. The summed E-state index contributed by atoms with van der Waals surface area (Å²) >= 11 is 0. The van der Waals surface area contributed by atoms with E-state index in [0.717, 1.165) is 40.1 Å². The predicted octanol–water partition coefficient (Wildman–Crippen LogP) is 4.48. The van der Waals surface area contributed by atoms with Crippen molar-refractivity contribution in [1.29, 1.82) is 0 Å². The van der Waals surface area contributed by atoms with E-state index in [1.54, 1.807) is 6.07 Å². The lowest BCUT2D eigenvalue weighted by Gasteiger charge is -2.23. The number of nitrogens with zero attached hydrogens (tertiary/aromatic N) is 1. The highest BCUT2D eigenvalue weighted by atomic mass is 16.2. The Hall–Kier alpha value is -4.71. The molecule has 0 saturated carbocycles. The van der Waals surface area contributed by atoms with Gasteiger partial charge < -0.3 is 16.0 Å². The third kappa shape index (κ3) is 5.59. The van der Waals surface area contributed by atoms with Crippen molar-refractivity contribution in [3.8, 4) is 0 Å². The number of aliphatic imine (C=N–C) groups is 1. The number of carbonyl (C=O) groups excluding carboxylic acids is 2. The molecule has 0 radical (unpaired) electrons. The number of allylic oxidation sites excluding steroid dienone is 2. The van der Waals surface area contributed by atoms with Crippen LogP contribution in [0.3, 0.4) is 0 Å². The van der Waals surface area contributed by atoms with Crippen LogP contribution in [-0.4, -0.2) is 36.7 Å². The van der Waals surface area contributed by atoms with Gasteiger partial charge >= 0.3 is 11.8 Å². The van der Waals surface area contributed by atoms with Crippen molar-refractivity contribution in [3.05, 3.63) is 131 Å². The van der Waals surface area contributed by atoms with Crippen molar-refractivity contribution in [2.75, 3.05) is 18.4 Å². The van der Waals surface area contributed by atoms with Crippen molar-refractivity contribution in [1.82, 2.24) is 10.6 Å². The summed E-state index contributed by atoms with van der Waals surface area (Å²) < 4.78 is 0. The molecule has 6 heteroatoms. The second kappa shape index (κ2) is 11.4. The summed E-state index contributed by atoms with van der Waals surface area (Å²) in [6, 6.07) is 26.9. The number of hydrogen-bond acceptors (Lipinski definition) is 4. The number of nitrogens with one attached hydrogen (secondary N) is 3. The molecule has 5 rings (SSSR count). The fourth-order valence-electron chi connectivity index (χ4n) is 4.48. The van der Waals surface area contributed by atoms with Gasteiger partial charge in [0.15, 0.2) is 0 Å². The van der Waals surface area contributed by atoms with Gasteiger partial charge in [-0.05, 0) is 18.1 Å². The van der Waals surface area contributed by atoms with Gasteiger partial charge in [0, 0.05) is 35.5 Å². The van der Waals surface area contributed by atoms with E-state index in [-0.39, 0.29) is 0 Å². The summed E-state index contributed by atoms with van der Waals surface area (Å²) in [7, 11) is 0. The molecule has 2 amide bonds. The van der Waals surface area contributed by atoms with Crippen LogP contribution in [0.4, 0.5) is 5.69 Å². The van der Waals surface area contributed by atoms with Crippen LogP contribution in [0.1, 0.15) is 23.1 Å². The number of fused-ring (bicyclic) bond motifs is 2. The van der Waals surface area contributed by atoms with Crippen LogP contribution in [-0.2, 0) is 9.59 Å². The first-order valence-corrected chi connectivity index (χ1v) is 12.4. The minimum atomic E-state index is -0.730. The van der Waals surface area contributed by atoms with E-state index in [4.69, 9.17) is 4.99 Å². The second-order valence-electron chi connectivity index (χ2n) is 8.77. The standard InChI is InChI=1S/C31H28N4O2/c36-30-31(37)35-27-19-10-8-17-25(27)29(23-14-5-2-6-15-23)33-21-11-20-32-28(22-12-3-1-4-13-22)24-16-7-9-18-26(24)34-30/h1-10,12-19,26,32H,11,20-21H2,(H,34,36)(H,35,37)/b28-24+,33-29?. The first-order chi connectivity index (χ1) is 18.2. The first-order valence-electron chi connectivity index (χ1n) is 12.4. The number of amides is 2. The molecule has 37 heavy (non-hydrogen) atoms. The molecule has 0 aromatic heterocycles. The Bertz CT molecular complexity index is 1410. The third-order valence-electron chi connectivity index (χ3n) is 6.25. The third-order valence-corrected chi connectivity index (χ3v) is 6.25. The van der Waals surface area contributed by atoms with Gasteiger partial charge in [0.25, 0.3) is 0 Å². The molecule has 0 saturated heterocycles. The average Bonchev–Trinajstić information content (AvgIpc) is 2.94. The Morgan fingerprint density at radius 1 is 0.757 bits per heavy atom. The zero-order chi connectivity index (χ0) is 25.5. The zero-order valence-electron chi connectivity index (χ0n) is 20.4. The van der Waals surface area contributed by atoms with E-state index in [1.807, 2.05) is 103 Å². The molecular weight excluding hydrogens is 460 g/mol. The summed E-state index contributed by atoms with van der Waals surface area (Å²) in [4.78, 5) is 31.1. The number of carbonyl (C=O) groups is 2. The normalized spacial score (nSPS) is 20.2. The highest BCUT2D eigenvalue weighted by Gasteiger charge is 2.24. The number of benzene rings is 3. The maximum absolute atomic E-state index is 13.1. The number of rotatable bonds is 2.